The van der Waals surface area contributed by atoms with Crippen LogP contribution in [0.15, 0.2) is 0 Å². The average Bonchev–Trinajstić information content (AvgIpc) is 3.13. The van der Waals surface area contributed by atoms with Crippen LogP contribution in [0.2, 0.25) is 0 Å². The van der Waals surface area contributed by atoms with Gasteiger partial charge in [0.15, 0.2) is 0 Å². The second kappa shape index (κ2) is 8.86. The fourth-order valence-corrected chi connectivity index (χ4v) is 1.77. The van der Waals surface area contributed by atoms with Crippen LogP contribution in [0.1, 0.15) is 19.8 Å². The molecule has 0 saturated heterocycles. The summed E-state index contributed by atoms with van der Waals surface area (Å²) in [4.78, 5) is 2.32. The van der Waals surface area contributed by atoms with Crippen LogP contribution in [-0.4, -0.2) is 64.6 Å². The van der Waals surface area contributed by atoms with E-state index in [-0.39, 0.29) is 0 Å². The average molecular weight is 244 g/mol. The maximum absolute atomic E-state index is 5.66. The summed E-state index contributed by atoms with van der Waals surface area (Å²) >= 11 is 0. The van der Waals surface area contributed by atoms with E-state index in [4.69, 9.17) is 9.47 Å². The van der Waals surface area contributed by atoms with Crippen LogP contribution >= 0.6 is 0 Å². The Labute approximate surface area is 106 Å². The van der Waals surface area contributed by atoms with Gasteiger partial charge in [-0.15, -0.1) is 0 Å². The SMILES string of the molecule is CCNCC(COC)N(C)CCOCC1CC1. The first-order valence-electron chi connectivity index (χ1n) is 6.75. The minimum absolute atomic E-state index is 0.435. The molecular weight excluding hydrogens is 216 g/mol. The summed E-state index contributed by atoms with van der Waals surface area (Å²) in [5.41, 5.74) is 0. The Balaban J connectivity index is 2.08. The largest absolute Gasteiger partial charge is 0.383 e. The molecule has 0 aromatic rings. The molecule has 1 unspecified atom stereocenters. The molecule has 1 saturated carbocycles. The van der Waals surface area contributed by atoms with Gasteiger partial charge < -0.3 is 14.8 Å². The predicted octanol–water partition coefficient (Wildman–Crippen LogP) is 0.969. The van der Waals surface area contributed by atoms with Gasteiger partial charge in [-0.05, 0) is 32.4 Å². The molecule has 0 heterocycles. The molecule has 0 aliphatic heterocycles. The summed E-state index contributed by atoms with van der Waals surface area (Å²) in [5, 5.41) is 3.37. The Hall–Kier alpha value is -0.160. The maximum Gasteiger partial charge on any atom is 0.0630 e. The van der Waals surface area contributed by atoms with Crippen molar-refractivity contribution in [2.75, 3.05) is 53.6 Å². The van der Waals surface area contributed by atoms with Crippen molar-refractivity contribution in [3.63, 3.8) is 0 Å². The van der Waals surface area contributed by atoms with Gasteiger partial charge in [-0.3, -0.25) is 4.90 Å². The summed E-state index contributed by atoms with van der Waals surface area (Å²) in [6.45, 7) is 7.64. The van der Waals surface area contributed by atoms with Crippen molar-refractivity contribution in [2.24, 2.45) is 5.92 Å². The smallest absolute Gasteiger partial charge is 0.0630 e. The highest BCUT2D eigenvalue weighted by atomic mass is 16.5. The van der Waals surface area contributed by atoms with Crippen molar-refractivity contribution in [3.8, 4) is 0 Å². The van der Waals surface area contributed by atoms with E-state index in [0.29, 0.717) is 6.04 Å². The summed E-state index contributed by atoms with van der Waals surface area (Å²) < 4.78 is 10.9. The molecule has 0 radical (unpaired) electrons. The molecule has 4 heteroatoms. The molecular formula is C13H28N2O2. The van der Waals surface area contributed by atoms with E-state index < -0.39 is 0 Å². The Kier molecular flexibility index (Phi) is 7.77. The number of hydrogen-bond donors (Lipinski definition) is 1. The van der Waals surface area contributed by atoms with Crippen molar-refractivity contribution in [3.05, 3.63) is 0 Å². The van der Waals surface area contributed by atoms with Crippen LogP contribution in [0.3, 0.4) is 0 Å². The van der Waals surface area contributed by atoms with Gasteiger partial charge in [-0.25, -0.2) is 0 Å². The number of hydrogen-bond acceptors (Lipinski definition) is 4. The zero-order chi connectivity index (χ0) is 12.5. The normalized spacial score (nSPS) is 17.6. The van der Waals surface area contributed by atoms with Gasteiger partial charge in [0.2, 0.25) is 0 Å². The van der Waals surface area contributed by atoms with Gasteiger partial charge in [0, 0.05) is 32.8 Å². The molecule has 1 rings (SSSR count). The van der Waals surface area contributed by atoms with Gasteiger partial charge >= 0.3 is 0 Å². The second-order valence-corrected chi connectivity index (χ2v) is 4.92. The maximum atomic E-state index is 5.66. The number of nitrogens with one attached hydrogen (secondary N) is 1. The van der Waals surface area contributed by atoms with Crippen molar-refractivity contribution in [1.82, 2.24) is 10.2 Å². The summed E-state index contributed by atoms with van der Waals surface area (Å²) in [6, 6.07) is 0.435. The molecule has 0 aromatic carbocycles. The lowest BCUT2D eigenvalue weighted by atomic mass is 10.2. The zero-order valence-corrected chi connectivity index (χ0v) is 11.6. The molecule has 0 bridgehead atoms. The minimum Gasteiger partial charge on any atom is -0.383 e. The molecule has 1 aliphatic carbocycles. The molecule has 0 spiro atoms. The lowest BCUT2D eigenvalue weighted by Crippen LogP contribution is -2.44. The van der Waals surface area contributed by atoms with E-state index in [1.165, 1.54) is 12.8 Å². The number of ether oxygens (including phenoxy) is 2. The lowest BCUT2D eigenvalue weighted by molar-refractivity contribution is 0.0646. The first-order valence-corrected chi connectivity index (χ1v) is 6.75. The van der Waals surface area contributed by atoms with Crippen LogP contribution in [0.5, 0.6) is 0 Å². The highest BCUT2D eigenvalue weighted by Crippen LogP contribution is 2.28. The van der Waals surface area contributed by atoms with Crippen molar-refractivity contribution < 1.29 is 9.47 Å². The third kappa shape index (κ3) is 6.99. The Morgan fingerprint density at radius 2 is 2.18 bits per heavy atom. The van der Waals surface area contributed by atoms with E-state index in [2.05, 4.69) is 24.2 Å². The highest BCUT2D eigenvalue weighted by Gasteiger charge is 2.21. The van der Waals surface area contributed by atoms with Crippen LogP contribution in [0, 0.1) is 5.92 Å². The van der Waals surface area contributed by atoms with Crippen molar-refractivity contribution >= 4 is 0 Å². The summed E-state index contributed by atoms with van der Waals surface area (Å²) in [7, 11) is 3.90. The minimum atomic E-state index is 0.435. The fourth-order valence-electron chi connectivity index (χ4n) is 1.77. The number of likely N-dealkylation sites (N-methyl/N-ethyl adjacent to an activating group) is 2. The van der Waals surface area contributed by atoms with Gasteiger partial charge in [-0.2, -0.15) is 0 Å². The molecule has 0 amide bonds. The van der Waals surface area contributed by atoms with Crippen LogP contribution in [-0.2, 0) is 9.47 Å². The van der Waals surface area contributed by atoms with Gasteiger partial charge in [-0.1, -0.05) is 6.92 Å². The number of rotatable bonds is 11. The van der Waals surface area contributed by atoms with Crippen LogP contribution in [0.25, 0.3) is 0 Å². The summed E-state index contributed by atoms with van der Waals surface area (Å²) in [6.07, 6.45) is 2.73. The number of nitrogens with zero attached hydrogens (tertiary/aromatic N) is 1. The van der Waals surface area contributed by atoms with E-state index >= 15 is 0 Å². The van der Waals surface area contributed by atoms with Gasteiger partial charge in [0.25, 0.3) is 0 Å². The van der Waals surface area contributed by atoms with E-state index in [1.807, 2.05) is 0 Å². The Bertz CT molecular complexity index is 186. The molecule has 1 N–H and O–H groups in total. The Morgan fingerprint density at radius 1 is 1.41 bits per heavy atom. The molecule has 17 heavy (non-hydrogen) atoms. The van der Waals surface area contributed by atoms with Crippen molar-refractivity contribution in [2.45, 2.75) is 25.8 Å². The first-order chi connectivity index (χ1) is 8.27. The number of methoxy groups -OCH3 is 1. The van der Waals surface area contributed by atoms with Crippen LogP contribution in [0.4, 0.5) is 0 Å². The third-order valence-corrected chi connectivity index (χ3v) is 3.25. The fraction of sp³-hybridized carbons (Fsp3) is 1.00. The quantitative estimate of drug-likeness (QED) is 0.549. The second-order valence-electron chi connectivity index (χ2n) is 4.92. The highest BCUT2D eigenvalue weighted by molar-refractivity contribution is 4.73. The van der Waals surface area contributed by atoms with Gasteiger partial charge in [0.1, 0.15) is 0 Å². The Morgan fingerprint density at radius 3 is 2.76 bits per heavy atom. The van der Waals surface area contributed by atoms with Gasteiger partial charge in [0.05, 0.1) is 13.2 Å². The van der Waals surface area contributed by atoms with Crippen molar-refractivity contribution in [1.29, 1.82) is 0 Å². The zero-order valence-electron chi connectivity index (χ0n) is 11.6. The monoisotopic (exact) mass is 244 g/mol. The van der Waals surface area contributed by atoms with E-state index in [0.717, 1.165) is 45.4 Å². The molecule has 0 aromatic heterocycles. The third-order valence-electron chi connectivity index (χ3n) is 3.25. The topological polar surface area (TPSA) is 33.7 Å². The van der Waals surface area contributed by atoms with E-state index in [1.54, 1.807) is 7.11 Å². The molecule has 1 atom stereocenters. The molecule has 102 valence electrons. The lowest BCUT2D eigenvalue weighted by Gasteiger charge is -2.27. The standard InChI is InChI=1S/C13H28N2O2/c1-4-14-9-13(11-16-3)15(2)7-8-17-10-12-5-6-12/h12-14H,4-11H2,1-3H3. The predicted molar refractivity (Wildman–Crippen MR) is 70.4 cm³/mol. The molecule has 1 fully saturated rings. The molecule has 1 aliphatic rings. The molecule has 4 nitrogen and oxygen atoms in total. The first kappa shape index (κ1) is 14.9. The summed E-state index contributed by atoms with van der Waals surface area (Å²) in [5.74, 6) is 0.858. The van der Waals surface area contributed by atoms with E-state index in [9.17, 15) is 0 Å². The van der Waals surface area contributed by atoms with Crippen LogP contribution < -0.4 is 5.32 Å².